The third-order valence-electron chi connectivity index (χ3n) is 5.52. The number of rotatable bonds is 6. The quantitative estimate of drug-likeness (QED) is 0.563. The number of methoxy groups -OCH3 is 1. The predicted octanol–water partition coefficient (Wildman–Crippen LogP) is 1.18. The first kappa shape index (κ1) is 20.9. The van der Waals surface area contributed by atoms with Crippen LogP contribution in [0.2, 0.25) is 0 Å². The molecule has 2 aliphatic heterocycles. The Morgan fingerprint density at radius 1 is 1.21 bits per heavy atom. The van der Waals surface area contributed by atoms with E-state index in [9.17, 15) is 8.42 Å². The molecule has 1 aromatic carbocycles. The summed E-state index contributed by atoms with van der Waals surface area (Å²) in [7, 11) is -1.13. The van der Waals surface area contributed by atoms with Gasteiger partial charge in [-0.1, -0.05) is 12.1 Å². The predicted molar refractivity (Wildman–Crippen MR) is 113 cm³/mol. The SMILES string of the molecule is CCNC(=NCCN1CCS(=O)(=O)CC1)N1CCC(c2ccc(OC)cc2)C1. The van der Waals surface area contributed by atoms with Crippen LogP contribution in [0.3, 0.4) is 0 Å². The van der Waals surface area contributed by atoms with Gasteiger partial charge >= 0.3 is 0 Å². The molecule has 1 unspecified atom stereocenters. The van der Waals surface area contributed by atoms with Crippen LogP contribution in [0, 0.1) is 0 Å². The zero-order valence-electron chi connectivity index (χ0n) is 16.9. The summed E-state index contributed by atoms with van der Waals surface area (Å²) in [5, 5.41) is 3.41. The average Bonchev–Trinajstić information content (AvgIpc) is 3.19. The molecule has 2 fully saturated rings. The number of sulfone groups is 1. The molecular formula is C20H32N4O3S. The van der Waals surface area contributed by atoms with Crippen LogP contribution in [0.15, 0.2) is 29.3 Å². The first-order valence-corrected chi connectivity index (χ1v) is 11.9. The third kappa shape index (κ3) is 5.61. The molecule has 0 saturated carbocycles. The fraction of sp³-hybridized carbons (Fsp3) is 0.650. The molecule has 156 valence electrons. The molecule has 0 bridgehead atoms. The van der Waals surface area contributed by atoms with Gasteiger partial charge in [-0.05, 0) is 31.0 Å². The Balaban J connectivity index is 1.53. The van der Waals surface area contributed by atoms with Gasteiger partial charge in [0.05, 0.1) is 25.2 Å². The van der Waals surface area contributed by atoms with Crippen LogP contribution in [0.5, 0.6) is 5.75 Å². The highest BCUT2D eigenvalue weighted by Gasteiger charge is 2.26. The highest BCUT2D eigenvalue weighted by atomic mass is 32.2. The van der Waals surface area contributed by atoms with Gasteiger partial charge < -0.3 is 15.0 Å². The molecule has 1 aromatic rings. The molecule has 8 heteroatoms. The van der Waals surface area contributed by atoms with Gasteiger partial charge in [0.2, 0.25) is 0 Å². The van der Waals surface area contributed by atoms with Crippen molar-refractivity contribution in [2.24, 2.45) is 4.99 Å². The molecule has 0 spiro atoms. The van der Waals surface area contributed by atoms with Crippen molar-refractivity contribution < 1.29 is 13.2 Å². The van der Waals surface area contributed by atoms with Crippen molar-refractivity contribution in [3.63, 3.8) is 0 Å². The summed E-state index contributed by atoms with van der Waals surface area (Å²) >= 11 is 0. The fourth-order valence-corrected chi connectivity index (χ4v) is 5.07. The van der Waals surface area contributed by atoms with Crippen LogP contribution in [-0.4, -0.2) is 88.6 Å². The maximum atomic E-state index is 11.5. The van der Waals surface area contributed by atoms with Gasteiger partial charge in [0.1, 0.15) is 5.75 Å². The maximum absolute atomic E-state index is 11.5. The highest BCUT2D eigenvalue weighted by Crippen LogP contribution is 2.28. The molecule has 2 heterocycles. The van der Waals surface area contributed by atoms with Gasteiger partial charge in [0.15, 0.2) is 15.8 Å². The van der Waals surface area contributed by atoms with Crippen LogP contribution >= 0.6 is 0 Å². The lowest BCUT2D eigenvalue weighted by atomic mass is 9.98. The lowest BCUT2D eigenvalue weighted by molar-refractivity contribution is 0.303. The van der Waals surface area contributed by atoms with E-state index in [2.05, 4.69) is 34.2 Å². The standard InChI is InChI=1S/C20H32N4O3S/c1-3-21-20(22-9-11-23-12-14-28(25,26)15-13-23)24-10-8-18(16-24)17-4-6-19(27-2)7-5-17/h4-7,18H,3,8-16H2,1-2H3,(H,21,22). The van der Waals surface area contributed by atoms with Crippen LogP contribution in [0.4, 0.5) is 0 Å². The number of nitrogens with zero attached hydrogens (tertiary/aromatic N) is 3. The minimum atomic E-state index is -2.82. The van der Waals surface area contributed by atoms with Crippen molar-refractivity contribution in [1.29, 1.82) is 0 Å². The van der Waals surface area contributed by atoms with E-state index < -0.39 is 9.84 Å². The summed E-state index contributed by atoms with van der Waals surface area (Å²) in [5.74, 6) is 2.89. The minimum Gasteiger partial charge on any atom is -0.497 e. The van der Waals surface area contributed by atoms with Gasteiger partial charge in [-0.15, -0.1) is 0 Å². The van der Waals surface area contributed by atoms with E-state index in [1.54, 1.807) is 7.11 Å². The molecule has 3 rings (SSSR count). The zero-order valence-corrected chi connectivity index (χ0v) is 17.7. The van der Waals surface area contributed by atoms with Crippen molar-refractivity contribution in [1.82, 2.24) is 15.1 Å². The Labute approximate surface area is 168 Å². The Hall–Kier alpha value is -1.80. The number of nitrogens with one attached hydrogen (secondary N) is 1. The molecule has 7 nitrogen and oxygen atoms in total. The highest BCUT2D eigenvalue weighted by molar-refractivity contribution is 7.91. The Morgan fingerprint density at radius 3 is 2.57 bits per heavy atom. The minimum absolute atomic E-state index is 0.270. The number of ether oxygens (including phenoxy) is 1. The molecule has 1 N–H and O–H groups in total. The van der Waals surface area contributed by atoms with Crippen molar-refractivity contribution in [2.45, 2.75) is 19.3 Å². The molecule has 0 radical (unpaired) electrons. The second-order valence-corrected chi connectivity index (χ2v) is 9.74. The van der Waals surface area contributed by atoms with Gasteiger partial charge in [-0.25, -0.2) is 8.42 Å². The van der Waals surface area contributed by atoms with Crippen LogP contribution < -0.4 is 10.1 Å². The van der Waals surface area contributed by atoms with E-state index in [4.69, 9.17) is 9.73 Å². The average molecular weight is 409 g/mol. The maximum Gasteiger partial charge on any atom is 0.193 e. The summed E-state index contributed by atoms with van der Waals surface area (Å²) in [4.78, 5) is 9.33. The van der Waals surface area contributed by atoms with Crippen LogP contribution in [0.25, 0.3) is 0 Å². The number of likely N-dealkylation sites (tertiary alicyclic amines) is 1. The van der Waals surface area contributed by atoms with Crippen molar-refractivity contribution in [3.05, 3.63) is 29.8 Å². The molecule has 28 heavy (non-hydrogen) atoms. The first-order valence-electron chi connectivity index (χ1n) is 10.1. The molecule has 1 atom stereocenters. The zero-order chi connectivity index (χ0) is 20.0. The molecule has 0 aliphatic carbocycles. The van der Waals surface area contributed by atoms with Crippen LogP contribution in [-0.2, 0) is 9.84 Å². The largest absolute Gasteiger partial charge is 0.497 e. The number of guanidine groups is 1. The molecule has 0 amide bonds. The lowest BCUT2D eigenvalue weighted by Gasteiger charge is -2.26. The fourth-order valence-electron chi connectivity index (χ4n) is 3.80. The third-order valence-corrected chi connectivity index (χ3v) is 7.13. The van der Waals surface area contributed by atoms with Gasteiger partial charge in [0.25, 0.3) is 0 Å². The summed E-state index contributed by atoms with van der Waals surface area (Å²) in [5.41, 5.74) is 1.34. The number of hydrogen-bond donors (Lipinski definition) is 1. The lowest BCUT2D eigenvalue weighted by Crippen LogP contribution is -2.43. The summed E-state index contributed by atoms with van der Waals surface area (Å²) in [6.45, 7) is 7.61. The summed E-state index contributed by atoms with van der Waals surface area (Å²) in [6, 6.07) is 8.36. The van der Waals surface area contributed by atoms with Crippen LogP contribution in [0.1, 0.15) is 24.8 Å². The molecule has 0 aromatic heterocycles. The van der Waals surface area contributed by atoms with Gasteiger partial charge in [-0.3, -0.25) is 9.89 Å². The topological polar surface area (TPSA) is 74.2 Å². The first-order chi connectivity index (χ1) is 13.5. The Kier molecular flexibility index (Phi) is 7.18. The second-order valence-electron chi connectivity index (χ2n) is 7.43. The van der Waals surface area contributed by atoms with Gasteiger partial charge in [0, 0.05) is 45.2 Å². The van der Waals surface area contributed by atoms with E-state index in [-0.39, 0.29) is 11.5 Å². The van der Waals surface area contributed by atoms with E-state index in [0.717, 1.165) is 44.3 Å². The van der Waals surface area contributed by atoms with Crippen molar-refractivity contribution in [3.8, 4) is 5.75 Å². The van der Waals surface area contributed by atoms with Crippen molar-refractivity contribution in [2.75, 3.05) is 64.4 Å². The van der Waals surface area contributed by atoms with Crippen molar-refractivity contribution >= 4 is 15.8 Å². The van der Waals surface area contributed by atoms with E-state index in [0.29, 0.717) is 25.6 Å². The second kappa shape index (κ2) is 9.60. The van der Waals surface area contributed by atoms with E-state index >= 15 is 0 Å². The normalized spacial score (nSPS) is 23.0. The molecular weight excluding hydrogens is 376 g/mol. The van der Waals surface area contributed by atoms with E-state index in [1.807, 2.05) is 12.1 Å². The van der Waals surface area contributed by atoms with Gasteiger partial charge in [-0.2, -0.15) is 0 Å². The molecule has 2 saturated heterocycles. The monoisotopic (exact) mass is 408 g/mol. The number of aliphatic imine (C=N–C) groups is 1. The summed E-state index contributed by atoms with van der Waals surface area (Å²) in [6.07, 6.45) is 1.11. The number of benzene rings is 1. The Morgan fingerprint density at radius 2 is 1.93 bits per heavy atom. The molecule has 2 aliphatic rings. The number of hydrogen-bond acceptors (Lipinski definition) is 5. The Bertz CT molecular complexity index is 750. The summed E-state index contributed by atoms with van der Waals surface area (Å²) < 4.78 is 28.3. The smallest absolute Gasteiger partial charge is 0.193 e. The van der Waals surface area contributed by atoms with E-state index in [1.165, 1.54) is 5.56 Å².